The lowest BCUT2D eigenvalue weighted by Crippen LogP contribution is -2.30. The lowest BCUT2D eigenvalue weighted by atomic mass is 10.0. The van der Waals surface area contributed by atoms with Gasteiger partial charge in [-0.1, -0.05) is 33.6 Å². The Balaban J connectivity index is 2.37. The van der Waals surface area contributed by atoms with Crippen LogP contribution in [-0.4, -0.2) is 20.7 Å². The average molecular weight is 370 g/mol. The van der Waals surface area contributed by atoms with Crippen molar-refractivity contribution in [3.63, 3.8) is 0 Å². The third kappa shape index (κ3) is 3.70. The Morgan fingerprint density at radius 1 is 1.29 bits per heavy atom. The molecule has 0 aliphatic heterocycles. The van der Waals surface area contributed by atoms with Crippen LogP contribution in [0.15, 0.2) is 46.9 Å². The number of nitrogens with zero attached hydrogens (tertiary/aromatic N) is 1. The van der Waals surface area contributed by atoms with E-state index in [1.165, 1.54) is 0 Å². The van der Waals surface area contributed by atoms with Crippen molar-refractivity contribution < 1.29 is 4.74 Å². The number of likely N-dealkylation sites (N-methyl/N-ethyl adjacent to an activating group) is 1. The molecule has 0 radical (unpaired) electrons. The largest absolute Gasteiger partial charge is 0.497 e. The summed E-state index contributed by atoms with van der Waals surface area (Å²) in [5.74, 6) is 0.820. The smallest absolute Gasteiger partial charge is 0.120 e. The van der Waals surface area contributed by atoms with E-state index in [1.54, 1.807) is 7.11 Å². The number of ether oxygens (including phenoxy) is 1. The van der Waals surface area contributed by atoms with Crippen molar-refractivity contribution in [1.82, 2.24) is 0 Å². The monoisotopic (exact) mass is 368 g/mol. The van der Waals surface area contributed by atoms with Gasteiger partial charge in [-0.05, 0) is 35.9 Å². The van der Waals surface area contributed by atoms with Crippen LogP contribution >= 0.6 is 27.5 Å². The molecule has 0 heterocycles. The number of methoxy groups -OCH3 is 1. The molecule has 0 spiro atoms. The van der Waals surface area contributed by atoms with Crippen LogP contribution in [0.2, 0.25) is 5.02 Å². The number of rotatable bonds is 5. The van der Waals surface area contributed by atoms with Gasteiger partial charge in [0.2, 0.25) is 0 Å². The maximum Gasteiger partial charge on any atom is 0.120 e. The Labute approximate surface area is 138 Å². The van der Waals surface area contributed by atoms with Gasteiger partial charge in [-0.3, -0.25) is 0 Å². The normalized spacial score (nSPS) is 12.0. The van der Waals surface area contributed by atoms with E-state index in [1.807, 2.05) is 49.5 Å². The minimum Gasteiger partial charge on any atom is -0.497 e. The summed E-state index contributed by atoms with van der Waals surface area (Å²) >= 11 is 9.69. The van der Waals surface area contributed by atoms with E-state index in [-0.39, 0.29) is 6.04 Å². The molecule has 0 saturated carbocycles. The zero-order valence-corrected chi connectivity index (χ0v) is 14.4. The number of nitrogens with two attached hydrogens (primary N) is 1. The fraction of sp³-hybridized carbons (Fsp3) is 0.250. The quantitative estimate of drug-likeness (QED) is 0.856. The van der Waals surface area contributed by atoms with Gasteiger partial charge in [0.15, 0.2) is 0 Å². The summed E-state index contributed by atoms with van der Waals surface area (Å²) in [6.45, 7) is 0.479. The molecule has 1 atom stereocenters. The molecular formula is C16H18BrClN2O. The number of halogens is 2. The molecule has 2 aromatic rings. The molecule has 112 valence electrons. The third-order valence-electron chi connectivity index (χ3n) is 3.47. The van der Waals surface area contributed by atoms with E-state index in [9.17, 15) is 0 Å². The Hall–Kier alpha value is -1.23. The molecule has 5 heteroatoms. The number of benzene rings is 2. The lowest BCUT2D eigenvalue weighted by Gasteiger charge is -2.30. The van der Waals surface area contributed by atoms with Crippen LogP contribution in [0.5, 0.6) is 5.75 Å². The van der Waals surface area contributed by atoms with Crippen LogP contribution < -0.4 is 15.4 Å². The van der Waals surface area contributed by atoms with Crippen LogP contribution in [0.3, 0.4) is 0 Å². The molecule has 0 bridgehead atoms. The average Bonchev–Trinajstić information content (AvgIpc) is 2.51. The molecule has 2 rings (SSSR count). The van der Waals surface area contributed by atoms with Crippen LogP contribution in [0, 0.1) is 0 Å². The highest BCUT2D eigenvalue weighted by Crippen LogP contribution is 2.33. The number of anilines is 1. The molecule has 0 fully saturated rings. The summed E-state index contributed by atoms with van der Waals surface area (Å²) in [7, 11) is 3.67. The van der Waals surface area contributed by atoms with Gasteiger partial charge >= 0.3 is 0 Å². The zero-order valence-electron chi connectivity index (χ0n) is 12.0. The summed E-state index contributed by atoms with van der Waals surface area (Å²) in [6.07, 6.45) is 0. The molecule has 2 N–H and O–H groups in total. The first kappa shape index (κ1) is 16.1. The van der Waals surface area contributed by atoms with E-state index in [2.05, 4.69) is 20.8 Å². The maximum atomic E-state index is 6.12. The summed E-state index contributed by atoms with van der Waals surface area (Å²) in [5, 5.41) is 0.700. The molecule has 3 nitrogen and oxygen atoms in total. The topological polar surface area (TPSA) is 38.5 Å². The summed E-state index contributed by atoms with van der Waals surface area (Å²) in [4.78, 5) is 2.12. The van der Waals surface area contributed by atoms with Gasteiger partial charge in [0, 0.05) is 34.8 Å². The Morgan fingerprint density at radius 2 is 2.05 bits per heavy atom. The molecule has 0 aliphatic carbocycles. The van der Waals surface area contributed by atoms with Gasteiger partial charge < -0.3 is 15.4 Å². The lowest BCUT2D eigenvalue weighted by molar-refractivity contribution is 0.414. The van der Waals surface area contributed by atoms with Crippen LogP contribution in [0.4, 0.5) is 5.69 Å². The second kappa shape index (κ2) is 7.16. The van der Waals surface area contributed by atoms with Gasteiger partial charge in [-0.2, -0.15) is 0 Å². The van der Waals surface area contributed by atoms with Gasteiger partial charge in [0.05, 0.1) is 13.2 Å². The van der Waals surface area contributed by atoms with E-state index in [0.717, 1.165) is 21.5 Å². The predicted molar refractivity (Wildman–Crippen MR) is 92.3 cm³/mol. The van der Waals surface area contributed by atoms with Gasteiger partial charge in [0.25, 0.3) is 0 Å². The molecule has 1 unspecified atom stereocenters. The molecule has 2 aromatic carbocycles. The zero-order chi connectivity index (χ0) is 15.4. The number of hydrogen-bond donors (Lipinski definition) is 1. The summed E-state index contributed by atoms with van der Waals surface area (Å²) < 4.78 is 6.28. The first-order chi connectivity index (χ1) is 10.1. The minimum absolute atomic E-state index is 0.0187. The Morgan fingerprint density at radius 3 is 2.71 bits per heavy atom. The number of hydrogen-bond acceptors (Lipinski definition) is 3. The van der Waals surface area contributed by atoms with Crippen LogP contribution in [0.1, 0.15) is 11.6 Å². The highest BCUT2D eigenvalue weighted by atomic mass is 79.9. The Bertz CT molecular complexity index is 621. The molecule has 0 saturated heterocycles. The first-order valence-electron chi connectivity index (χ1n) is 6.58. The molecular weight excluding hydrogens is 352 g/mol. The predicted octanol–water partition coefficient (Wildman–Crippen LogP) is 4.25. The van der Waals surface area contributed by atoms with Crippen molar-refractivity contribution in [2.75, 3.05) is 25.6 Å². The second-order valence-electron chi connectivity index (χ2n) is 4.73. The molecule has 0 aromatic heterocycles. The molecule has 0 aliphatic rings. The highest BCUT2D eigenvalue weighted by Gasteiger charge is 2.19. The van der Waals surface area contributed by atoms with Gasteiger partial charge in [-0.15, -0.1) is 0 Å². The first-order valence-corrected chi connectivity index (χ1v) is 7.75. The highest BCUT2D eigenvalue weighted by molar-refractivity contribution is 9.10. The minimum atomic E-state index is 0.0187. The van der Waals surface area contributed by atoms with E-state index < -0.39 is 0 Å². The van der Waals surface area contributed by atoms with Crippen molar-refractivity contribution in [2.24, 2.45) is 5.73 Å². The molecule has 0 amide bonds. The summed E-state index contributed by atoms with van der Waals surface area (Å²) in [5.41, 5.74) is 8.10. The van der Waals surface area contributed by atoms with Crippen molar-refractivity contribution in [3.05, 3.63) is 57.5 Å². The fourth-order valence-corrected chi connectivity index (χ4v) is 2.96. The Kier molecular flexibility index (Phi) is 5.51. The maximum absolute atomic E-state index is 6.12. The standard InChI is InChI=1S/C16H18BrClN2O/c1-20(12-4-3-5-13(9-12)21-2)16(10-19)14-8-11(18)6-7-15(14)17/h3-9,16H,10,19H2,1-2H3. The van der Waals surface area contributed by atoms with Crippen molar-refractivity contribution in [3.8, 4) is 5.75 Å². The van der Waals surface area contributed by atoms with E-state index in [4.69, 9.17) is 22.1 Å². The van der Waals surface area contributed by atoms with Gasteiger partial charge in [0.1, 0.15) is 5.75 Å². The van der Waals surface area contributed by atoms with Crippen LogP contribution in [0.25, 0.3) is 0 Å². The fourth-order valence-electron chi connectivity index (χ4n) is 2.27. The van der Waals surface area contributed by atoms with E-state index in [0.29, 0.717) is 11.6 Å². The molecule has 21 heavy (non-hydrogen) atoms. The second-order valence-corrected chi connectivity index (χ2v) is 6.02. The van der Waals surface area contributed by atoms with Gasteiger partial charge in [-0.25, -0.2) is 0 Å². The van der Waals surface area contributed by atoms with Crippen LogP contribution in [-0.2, 0) is 0 Å². The van der Waals surface area contributed by atoms with Crippen molar-refractivity contribution in [1.29, 1.82) is 0 Å². The SMILES string of the molecule is COc1cccc(N(C)C(CN)c2cc(Cl)ccc2Br)c1. The van der Waals surface area contributed by atoms with Crippen molar-refractivity contribution in [2.45, 2.75) is 6.04 Å². The van der Waals surface area contributed by atoms with E-state index >= 15 is 0 Å². The third-order valence-corrected chi connectivity index (χ3v) is 4.43. The summed E-state index contributed by atoms with van der Waals surface area (Å²) in [6, 6.07) is 13.7. The van der Waals surface area contributed by atoms with Crippen molar-refractivity contribution >= 4 is 33.2 Å².